The minimum absolute atomic E-state index is 0.195. The van der Waals surface area contributed by atoms with E-state index in [1.54, 1.807) is 0 Å². The van der Waals surface area contributed by atoms with Crippen molar-refractivity contribution in [3.63, 3.8) is 0 Å². The van der Waals surface area contributed by atoms with Gasteiger partial charge in [-0.1, -0.05) is 67.4 Å². The van der Waals surface area contributed by atoms with Gasteiger partial charge in [-0.15, -0.1) is 0 Å². The molecular weight excluding hydrogens is 388 g/mol. The van der Waals surface area contributed by atoms with Crippen LogP contribution in [0, 0.1) is 26.7 Å². The van der Waals surface area contributed by atoms with Crippen LogP contribution in [0.25, 0.3) is 0 Å². The fourth-order valence-corrected chi connectivity index (χ4v) is 6.47. The zero-order chi connectivity index (χ0) is 22.2. The summed E-state index contributed by atoms with van der Waals surface area (Å²) < 4.78 is 0. The van der Waals surface area contributed by atoms with Gasteiger partial charge in [0.25, 0.3) is 0 Å². The van der Waals surface area contributed by atoms with Gasteiger partial charge in [0.1, 0.15) is 6.17 Å². The molecule has 1 aliphatic carbocycles. The van der Waals surface area contributed by atoms with Crippen molar-refractivity contribution >= 4 is 11.4 Å². The number of hydrogen-bond acceptors (Lipinski definition) is 2. The predicted molar refractivity (Wildman–Crippen MR) is 136 cm³/mol. The number of anilines is 2. The molecule has 0 spiro atoms. The molecule has 2 aliphatic rings. The summed E-state index contributed by atoms with van der Waals surface area (Å²) in [4.78, 5) is 5.52. The topological polar surface area (TPSA) is 6.48 Å². The number of para-hydroxylation sites is 2. The molecule has 5 rings (SSSR count). The zero-order valence-electron chi connectivity index (χ0n) is 20.0. The van der Waals surface area contributed by atoms with E-state index >= 15 is 0 Å². The van der Waals surface area contributed by atoms with Gasteiger partial charge in [0.05, 0.1) is 6.04 Å². The lowest BCUT2D eigenvalue weighted by Crippen LogP contribution is -2.41. The highest BCUT2D eigenvalue weighted by molar-refractivity contribution is 5.65. The van der Waals surface area contributed by atoms with Crippen molar-refractivity contribution in [2.75, 3.05) is 9.80 Å². The van der Waals surface area contributed by atoms with Crippen LogP contribution in [0.3, 0.4) is 0 Å². The molecule has 2 heteroatoms. The molecule has 2 fully saturated rings. The molecule has 0 amide bonds. The Morgan fingerprint density at radius 2 is 1.25 bits per heavy atom. The van der Waals surface area contributed by atoms with E-state index in [-0.39, 0.29) is 6.17 Å². The van der Waals surface area contributed by atoms with E-state index in [1.165, 1.54) is 59.3 Å². The molecule has 1 saturated heterocycles. The molecule has 0 bridgehead atoms. The second kappa shape index (κ2) is 8.65. The largest absolute Gasteiger partial charge is 0.342 e. The zero-order valence-corrected chi connectivity index (χ0v) is 20.0. The summed E-state index contributed by atoms with van der Waals surface area (Å²) in [5.74, 6) is 0.742. The summed E-state index contributed by atoms with van der Waals surface area (Å²) in [5, 5.41) is 0. The Morgan fingerprint density at radius 1 is 0.656 bits per heavy atom. The van der Waals surface area contributed by atoms with Crippen LogP contribution >= 0.6 is 0 Å². The summed E-state index contributed by atoms with van der Waals surface area (Å²) >= 11 is 0. The van der Waals surface area contributed by atoms with E-state index in [2.05, 4.69) is 110 Å². The third-order valence-corrected chi connectivity index (χ3v) is 7.91. The monoisotopic (exact) mass is 424 g/mol. The third-order valence-electron chi connectivity index (χ3n) is 7.91. The van der Waals surface area contributed by atoms with E-state index in [9.17, 15) is 0 Å². The molecule has 1 heterocycles. The van der Waals surface area contributed by atoms with Crippen molar-refractivity contribution in [2.24, 2.45) is 5.92 Å². The first kappa shape index (κ1) is 21.1. The summed E-state index contributed by atoms with van der Waals surface area (Å²) in [6, 6.07) is 27.8. The van der Waals surface area contributed by atoms with Crippen LogP contribution in [-0.2, 0) is 0 Å². The number of aryl methyl sites for hydroxylation is 3. The van der Waals surface area contributed by atoms with Gasteiger partial charge in [-0.2, -0.15) is 0 Å². The van der Waals surface area contributed by atoms with Crippen LogP contribution in [0.5, 0.6) is 0 Å². The fraction of sp³-hybridized carbons (Fsp3) is 0.400. The first-order chi connectivity index (χ1) is 15.6. The Hall–Kier alpha value is -2.74. The first-order valence-corrected chi connectivity index (χ1v) is 12.3. The highest BCUT2D eigenvalue weighted by atomic mass is 15.5. The van der Waals surface area contributed by atoms with E-state index < -0.39 is 0 Å². The smallest absolute Gasteiger partial charge is 0.129 e. The van der Waals surface area contributed by atoms with Crippen LogP contribution in [0.1, 0.15) is 61.0 Å². The summed E-state index contributed by atoms with van der Waals surface area (Å²) in [6.07, 6.45) is 5.63. The number of rotatable bonds is 4. The Morgan fingerprint density at radius 3 is 1.91 bits per heavy atom. The van der Waals surface area contributed by atoms with Crippen molar-refractivity contribution < 1.29 is 0 Å². The second-order valence-electron chi connectivity index (χ2n) is 9.89. The van der Waals surface area contributed by atoms with Crippen LogP contribution in [0.2, 0.25) is 0 Å². The lowest BCUT2D eigenvalue weighted by atomic mass is 9.91. The summed E-state index contributed by atoms with van der Waals surface area (Å²) in [7, 11) is 0. The van der Waals surface area contributed by atoms with Crippen molar-refractivity contribution in [2.45, 2.75) is 71.6 Å². The Balaban J connectivity index is 1.76. The molecule has 2 unspecified atom stereocenters. The summed E-state index contributed by atoms with van der Waals surface area (Å²) in [6.45, 7) is 9.31. The van der Waals surface area contributed by atoms with E-state index in [0.717, 1.165) is 5.92 Å². The Bertz CT molecular complexity index is 1050. The van der Waals surface area contributed by atoms with Crippen molar-refractivity contribution in [3.05, 3.63) is 95.1 Å². The van der Waals surface area contributed by atoms with E-state index in [1.807, 2.05) is 0 Å². The molecule has 32 heavy (non-hydrogen) atoms. The highest BCUT2D eigenvalue weighted by Gasteiger charge is 2.50. The standard InChI is InChI=1S/C30H36N2/c1-21-13-8-11-20-27(21)31-24(4)29(25-16-9-10-17-25)32(26-18-6-5-7-19-26)30(31)28-22(2)14-12-15-23(28)3/h5-8,11-15,18-20,24-25,29-30H,9-10,16-17H2,1-4H3/t24-,29?,30?/m0/s1. The van der Waals surface area contributed by atoms with E-state index in [0.29, 0.717) is 12.1 Å². The molecule has 0 radical (unpaired) electrons. The molecule has 3 atom stereocenters. The van der Waals surface area contributed by atoms with Gasteiger partial charge in [0, 0.05) is 23.0 Å². The van der Waals surface area contributed by atoms with E-state index in [4.69, 9.17) is 0 Å². The first-order valence-electron chi connectivity index (χ1n) is 12.3. The molecule has 3 aromatic rings. The van der Waals surface area contributed by atoms with Crippen LogP contribution < -0.4 is 9.80 Å². The molecule has 166 valence electrons. The van der Waals surface area contributed by atoms with Crippen LogP contribution in [0.15, 0.2) is 72.8 Å². The molecule has 1 saturated carbocycles. The molecule has 1 aliphatic heterocycles. The normalized spacial score (nSPS) is 23.8. The van der Waals surface area contributed by atoms with Crippen LogP contribution in [-0.4, -0.2) is 12.1 Å². The lowest BCUT2D eigenvalue weighted by Gasteiger charge is -2.38. The summed E-state index contributed by atoms with van der Waals surface area (Å²) in [5.41, 5.74) is 8.30. The average Bonchev–Trinajstić information content (AvgIpc) is 3.41. The molecule has 2 nitrogen and oxygen atoms in total. The predicted octanol–water partition coefficient (Wildman–Crippen LogP) is 7.58. The van der Waals surface area contributed by atoms with Gasteiger partial charge in [0.15, 0.2) is 0 Å². The quantitative estimate of drug-likeness (QED) is 0.426. The minimum atomic E-state index is 0.195. The maximum absolute atomic E-state index is 2.78. The van der Waals surface area contributed by atoms with Gasteiger partial charge >= 0.3 is 0 Å². The van der Waals surface area contributed by atoms with Gasteiger partial charge in [-0.05, 0) is 81.3 Å². The van der Waals surface area contributed by atoms with Gasteiger partial charge in [-0.25, -0.2) is 0 Å². The SMILES string of the molecule is Cc1ccccc1N1C(c2c(C)cccc2C)N(c2ccccc2)C(C2CCCC2)[C@@H]1C. The number of nitrogens with zero attached hydrogens (tertiary/aromatic N) is 2. The number of benzene rings is 3. The molecule has 0 N–H and O–H groups in total. The van der Waals surface area contributed by atoms with Crippen molar-refractivity contribution in [1.29, 1.82) is 0 Å². The van der Waals surface area contributed by atoms with Crippen LogP contribution in [0.4, 0.5) is 11.4 Å². The fourth-order valence-electron chi connectivity index (χ4n) is 6.47. The van der Waals surface area contributed by atoms with Crippen molar-refractivity contribution in [1.82, 2.24) is 0 Å². The second-order valence-corrected chi connectivity index (χ2v) is 9.89. The molecule has 3 aromatic carbocycles. The lowest BCUT2D eigenvalue weighted by molar-refractivity contribution is 0.403. The van der Waals surface area contributed by atoms with Gasteiger partial charge in [0.2, 0.25) is 0 Å². The highest BCUT2D eigenvalue weighted by Crippen LogP contribution is 2.50. The molecule has 0 aromatic heterocycles. The van der Waals surface area contributed by atoms with Crippen molar-refractivity contribution in [3.8, 4) is 0 Å². The Kier molecular flexibility index (Phi) is 5.71. The maximum atomic E-state index is 2.78. The number of hydrogen-bond donors (Lipinski definition) is 0. The van der Waals surface area contributed by atoms with Gasteiger partial charge in [-0.3, -0.25) is 0 Å². The minimum Gasteiger partial charge on any atom is -0.342 e. The molecular formula is C30H36N2. The third kappa shape index (κ3) is 3.50. The Labute approximate surface area is 193 Å². The maximum Gasteiger partial charge on any atom is 0.129 e. The van der Waals surface area contributed by atoms with Gasteiger partial charge < -0.3 is 9.80 Å². The average molecular weight is 425 g/mol.